The highest BCUT2D eigenvalue weighted by Gasteiger charge is 2.40. The van der Waals surface area contributed by atoms with E-state index in [0.717, 1.165) is 18.4 Å². The number of carbonyl (C=O) groups is 3. The molecule has 0 spiro atoms. The first-order valence-corrected chi connectivity index (χ1v) is 11.2. The van der Waals surface area contributed by atoms with Crippen LogP contribution < -0.4 is 14.2 Å². The van der Waals surface area contributed by atoms with E-state index in [2.05, 4.69) is 0 Å². The summed E-state index contributed by atoms with van der Waals surface area (Å²) in [6.07, 6.45) is 6.06. The quantitative estimate of drug-likeness (QED) is 0.388. The fourth-order valence-corrected chi connectivity index (χ4v) is 3.61. The van der Waals surface area contributed by atoms with Crippen molar-refractivity contribution in [2.75, 3.05) is 34.5 Å². The zero-order valence-corrected chi connectivity index (χ0v) is 20.4. The van der Waals surface area contributed by atoms with Crippen LogP contribution in [0.1, 0.15) is 52.0 Å². The second kappa shape index (κ2) is 11.7. The van der Waals surface area contributed by atoms with Gasteiger partial charge in [-0.1, -0.05) is 26.8 Å². The van der Waals surface area contributed by atoms with Crippen LogP contribution in [-0.2, 0) is 19.1 Å². The monoisotopic (exact) mass is 461 g/mol. The average molecular weight is 462 g/mol. The number of hydrogen-bond donors (Lipinski definition) is 0. The summed E-state index contributed by atoms with van der Waals surface area (Å²) >= 11 is 0. The molecule has 33 heavy (non-hydrogen) atoms. The van der Waals surface area contributed by atoms with Gasteiger partial charge in [0.15, 0.2) is 11.5 Å². The third-order valence-electron chi connectivity index (χ3n) is 6.05. The van der Waals surface area contributed by atoms with Gasteiger partial charge < -0.3 is 23.8 Å². The van der Waals surface area contributed by atoms with E-state index < -0.39 is 29.1 Å². The predicted octanol–water partition coefficient (Wildman–Crippen LogP) is 3.66. The number of benzene rings is 1. The molecule has 1 heterocycles. The Balaban J connectivity index is 2.05. The molecule has 0 aliphatic carbocycles. The van der Waals surface area contributed by atoms with E-state index in [9.17, 15) is 14.4 Å². The first-order chi connectivity index (χ1) is 15.7. The number of esters is 1. The van der Waals surface area contributed by atoms with E-state index >= 15 is 0 Å². The molecular weight excluding hydrogens is 426 g/mol. The van der Waals surface area contributed by atoms with Crippen LogP contribution in [-0.4, -0.2) is 63.1 Å². The number of methoxy groups -OCH3 is 3. The maximum Gasteiger partial charge on any atom is 0.329 e. The Bertz CT molecular complexity index is 866. The highest BCUT2D eigenvalue weighted by molar-refractivity contribution is 6.38. The lowest BCUT2D eigenvalue weighted by atomic mass is 9.84. The van der Waals surface area contributed by atoms with Crippen LogP contribution in [0, 0.1) is 5.41 Å². The highest BCUT2D eigenvalue weighted by Crippen LogP contribution is 2.38. The molecule has 0 N–H and O–H groups in total. The molecule has 182 valence electrons. The summed E-state index contributed by atoms with van der Waals surface area (Å²) in [6, 6.07) is 2.82. The van der Waals surface area contributed by atoms with Gasteiger partial charge in [0, 0.05) is 12.0 Å². The van der Waals surface area contributed by atoms with Crippen molar-refractivity contribution in [3.8, 4) is 17.2 Å². The third kappa shape index (κ3) is 6.27. The minimum absolute atomic E-state index is 0.0302. The Labute approximate surface area is 195 Å². The molecule has 0 bridgehead atoms. The van der Waals surface area contributed by atoms with Gasteiger partial charge in [0.2, 0.25) is 11.5 Å². The summed E-state index contributed by atoms with van der Waals surface area (Å²) in [5.74, 6) is -0.0383. The fraction of sp³-hybridized carbons (Fsp3) is 0.560. The van der Waals surface area contributed by atoms with E-state index in [1.165, 1.54) is 26.2 Å². The zero-order valence-electron chi connectivity index (χ0n) is 20.4. The van der Waals surface area contributed by atoms with Gasteiger partial charge in [-0.3, -0.25) is 9.59 Å². The van der Waals surface area contributed by atoms with Crippen LogP contribution in [0.2, 0.25) is 0 Å². The molecule has 0 radical (unpaired) electrons. The largest absolute Gasteiger partial charge is 0.493 e. The maximum absolute atomic E-state index is 12.8. The Morgan fingerprint density at radius 3 is 2.24 bits per heavy atom. The average Bonchev–Trinajstić information content (AvgIpc) is 2.84. The smallest absolute Gasteiger partial charge is 0.329 e. The molecule has 1 amide bonds. The molecular formula is C25H35NO7. The molecule has 0 aromatic heterocycles. The van der Waals surface area contributed by atoms with E-state index in [0.29, 0.717) is 36.6 Å². The van der Waals surface area contributed by atoms with Crippen LogP contribution in [0.15, 0.2) is 18.2 Å². The van der Waals surface area contributed by atoms with Crippen LogP contribution in [0.3, 0.4) is 0 Å². The molecule has 1 aromatic carbocycles. The Hall–Kier alpha value is -3.03. The molecule has 1 fully saturated rings. The van der Waals surface area contributed by atoms with Gasteiger partial charge in [-0.2, -0.15) is 0 Å². The van der Waals surface area contributed by atoms with Crippen molar-refractivity contribution in [2.24, 2.45) is 5.41 Å². The molecule has 1 unspecified atom stereocenters. The van der Waals surface area contributed by atoms with E-state index in [1.807, 2.05) is 6.92 Å². The van der Waals surface area contributed by atoms with E-state index in [-0.39, 0.29) is 6.61 Å². The number of likely N-dealkylation sites (tertiary alicyclic amines) is 1. The Kier molecular flexibility index (Phi) is 9.32. The number of rotatable bonds is 10. The van der Waals surface area contributed by atoms with E-state index in [1.54, 1.807) is 38.1 Å². The summed E-state index contributed by atoms with van der Waals surface area (Å²) in [7, 11) is 4.61. The van der Waals surface area contributed by atoms with Crippen molar-refractivity contribution in [3.63, 3.8) is 0 Å². The number of nitrogens with zero attached hydrogens (tertiary/aromatic N) is 1. The maximum atomic E-state index is 12.8. The van der Waals surface area contributed by atoms with Gasteiger partial charge >= 0.3 is 5.97 Å². The lowest BCUT2D eigenvalue weighted by Gasteiger charge is -2.35. The fourth-order valence-electron chi connectivity index (χ4n) is 3.61. The van der Waals surface area contributed by atoms with Gasteiger partial charge in [0.1, 0.15) is 12.6 Å². The molecule has 0 saturated carbocycles. The predicted molar refractivity (Wildman–Crippen MR) is 125 cm³/mol. The number of piperidine rings is 1. The summed E-state index contributed by atoms with van der Waals surface area (Å²) in [5.41, 5.74) is 0.0223. The van der Waals surface area contributed by atoms with Crippen molar-refractivity contribution in [2.45, 2.75) is 52.5 Å². The lowest BCUT2D eigenvalue weighted by molar-refractivity contribution is -0.160. The van der Waals surface area contributed by atoms with Crippen LogP contribution in [0.4, 0.5) is 0 Å². The number of Topliss-reactive ketones (excluding diaryl/α,β-unsaturated/α-hetero) is 1. The number of hydrogen-bond acceptors (Lipinski definition) is 7. The third-order valence-corrected chi connectivity index (χ3v) is 6.05. The van der Waals surface area contributed by atoms with Crippen molar-refractivity contribution < 1.29 is 33.3 Å². The molecule has 1 aromatic rings. The summed E-state index contributed by atoms with van der Waals surface area (Å²) < 4.78 is 21.4. The second-order valence-electron chi connectivity index (χ2n) is 8.57. The molecule has 1 atom stereocenters. The molecule has 1 aliphatic rings. The highest BCUT2D eigenvalue weighted by atomic mass is 16.5. The van der Waals surface area contributed by atoms with Crippen LogP contribution in [0.25, 0.3) is 6.08 Å². The number of amides is 1. The van der Waals surface area contributed by atoms with Gasteiger partial charge in [-0.15, -0.1) is 0 Å². The molecule has 2 rings (SSSR count). The molecule has 1 aliphatic heterocycles. The van der Waals surface area contributed by atoms with Crippen LogP contribution in [0.5, 0.6) is 17.2 Å². The summed E-state index contributed by atoms with van der Waals surface area (Å²) in [5, 5.41) is 0. The normalized spacial score (nSPS) is 16.4. The molecule has 1 saturated heterocycles. The Morgan fingerprint density at radius 1 is 1.06 bits per heavy atom. The van der Waals surface area contributed by atoms with Crippen molar-refractivity contribution in [1.29, 1.82) is 0 Å². The minimum Gasteiger partial charge on any atom is -0.493 e. The summed E-state index contributed by atoms with van der Waals surface area (Å²) in [4.78, 5) is 39.6. The number of ether oxygens (including phenoxy) is 4. The number of carbonyl (C=O) groups excluding carboxylic acids is 3. The minimum atomic E-state index is -0.758. The SMILES string of the molecule is CCC(C)(C)C(=O)C(=O)N1CCCCC1C(=O)OCC=Cc1cc(OC)c(OC)c(OC)c1. The topological polar surface area (TPSA) is 91.4 Å². The summed E-state index contributed by atoms with van der Waals surface area (Å²) in [6.45, 7) is 5.78. The van der Waals surface area contributed by atoms with Crippen molar-refractivity contribution >= 4 is 23.7 Å². The van der Waals surface area contributed by atoms with Gasteiger partial charge in [0.25, 0.3) is 5.91 Å². The van der Waals surface area contributed by atoms with Crippen molar-refractivity contribution in [3.05, 3.63) is 23.8 Å². The Morgan fingerprint density at radius 2 is 1.70 bits per heavy atom. The zero-order chi connectivity index (χ0) is 24.6. The molecule has 8 nitrogen and oxygen atoms in total. The first kappa shape index (κ1) is 26.2. The van der Waals surface area contributed by atoms with Gasteiger partial charge in [-0.05, 0) is 49.5 Å². The van der Waals surface area contributed by atoms with Crippen LogP contribution >= 0.6 is 0 Å². The molecule has 8 heteroatoms. The standard InChI is InChI=1S/C25H35NO7/c1-7-25(2,3)22(27)23(28)26-13-9-8-12-18(26)24(29)33-14-10-11-17-15-19(30-4)21(32-6)20(16-17)31-5/h10-11,15-16,18H,7-9,12-14H2,1-6H3. The number of ketones is 1. The van der Waals surface area contributed by atoms with Gasteiger partial charge in [0.05, 0.1) is 21.3 Å². The van der Waals surface area contributed by atoms with Gasteiger partial charge in [-0.25, -0.2) is 4.79 Å². The first-order valence-electron chi connectivity index (χ1n) is 11.2. The van der Waals surface area contributed by atoms with E-state index in [4.69, 9.17) is 18.9 Å². The second-order valence-corrected chi connectivity index (χ2v) is 8.57. The lowest BCUT2D eigenvalue weighted by Crippen LogP contribution is -2.53. The van der Waals surface area contributed by atoms with Crippen molar-refractivity contribution in [1.82, 2.24) is 4.90 Å².